The predicted molar refractivity (Wildman–Crippen MR) is 107 cm³/mol. The fourth-order valence-electron chi connectivity index (χ4n) is 3.97. The standard InChI is InChI=1S/C22H17FN4O3/c1-12-21(28)26(2)17-11-25-19(9-18(17)30-12)27-20(13-4-3-7-24-10-13)15-6-5-14(23)8-16(15)22(27)29/h3-12,20H,1-2H3/t12-,20?/m1/s1. The second kappa shape index (κ2) is 6.62. The molecule has 1 unspecified atom stereocenters. The van der Waals surface area contributed by atoms with Gasteiger partial charge in [0.1, 0.15) is 23.1 Å². The Labute approximate surface area is 171 Å². The van der Waals surface area contributed by atoms with E-state index in [1.807, 2.05) is 6.07 Å². The predicted octanol–water partition coefficient (Wildman–Crippen LogP) is 3.11. The van der Waals surface area contributed by atoms with E-state index >= 15 is 0 Å². The van der Waals surface area contributed by atoms with Gasteiger partial charge in [-0.2, -0.15) is 0 Å². The zero-order valence-electron chi connectivity index (χ0n) is 16.2. The first-order valence-corrected chi connectivity index (χ1v) is 9.43. The molecule has 5 rings (SSSR count). The highest BCUT2D eigenvalue weighted by Crippen LogP contribution is 2.43. The van der Waals surface area contributed by atoms with Gasteiger partial charge in [0.15, 0.2) is 6.10 Å². The van der Waals surface area contributed by atoms with Crippen LogP contribution in [0.5, 0.6) is 5.75 Å². The van der Waals surface area contributed by atoms with Gasteiger partial charge in [0.2, 0.25) is 0 Å². The molecule has 4 heterocycles. The molecule has 2 amide bonds. The van der Waals surface area contributed by atoms with E-state index in [-0.39, 0.29) is 17.4 Å². The lowest BCUT2D eigenvalue weighted by Crippen LogP contribution is -2.42. The molecule has 2 aliphatic rings. The van der Waals surface area contributed by atoms with Crippen molar-refractivity contribution in [2.45, 2.75) is 19.1 Å². The van der Waals surface area contributed by atoms with Crippen LogP contribution in [0, 0.1) is 5.82 Å². The Morgan fingerprint density at radius 1 is 1.13 bits per heavy atom. The number of carbonyl (C=O) groups excluding carboxylic acids is 2. The molecule has 2 aromatic heterocycles. The van der Waals surface area contributed by atoms with Crippen LogP contribution in [0.15, 0.2) is 55.0 Å². The van der Waals surface area contributed by atoms with Crippen molar-refractivity contribution < 1.29 is 18.7 Å². The van der Waals surface area contributed by atoms with E-state index < -0.39 is 18.0 Å². The number of hydrogen-bond acceptors (Lipinski definition) is 5. The summed E-state index contributed by atoms with van der Waals surface area (Å²) in [5, 5.41) is 0. The third-order valence-electron chi connectivity index (χ3n) is 5.44. The molecule has 2 aliphatic heterocycles. The fourth-order valence-corrected chi connectivity index (χ4v) is 3.97. The fraction of sp³-hybridized carbons (Fsp3) is 0.182. The second-order valence-electron chi connectivity index (χ2n) is 7.26. The van der Waals surface area contributed by atoms with Crippen LogP contribution in [0.2, 0.25) is 0 Å². The third-order valence-corrected chi connectivity index (χ3v) is 5.44. The van der Waals surface area contributed by atoms with E-state index in [9.17, 15) is 14.0 Å². The van der Waals surface area contributed by atoms with Crippen molar-refractivity contribution in [2.75, 3.05) is 16.8 Å². The van der Waals surface area contributed by atoms with Gasteiger partial charge in [-0.1, -0.05) is 12.1 Å². The normalized spacial score (nSPS) is 20.1. The summed E-state index contributed by atoms with van der Waals surface area (Å²) in [5.41, 5.74) is 2.26. The van der Waals surface area contributed by atoms with Crippen molar-refractivity contribution in [3.8, 4) is 5.75 Å². The van der Waals surface area contributed by atoms with Crippen molar-refractivity contribution in [3.05, 3.63) is 77.5 Å². The third kappa shape index (κ3) is 2.64. The first-order valence-electron chi connectivity index (χ1n) is 9.43. The maximum absolute atomic E-state index is 13.9. The zero-order valence-corrected chi connectivity index (χ0v) is 16.2. The van der Waals surface area contributed by atoms with Gasteiger partial charge in [-0.25, -0.2) is 9.37 Å². The van der Waals surface area contributed by atoms with Crippen LogP contribution in [0.3, 0.4) is 0 Å². The van der Waals surface area contributed by atoms with Crippen LogP contribution in [0.1, 0.15) is 34.5 Å². The minimum Gasteiger partial charge on any atom is -0.478 e. The van der Waals surface area contributed by atoms with E-state index in [1.54, 1.807) is 44.6 Å². The second-order valence-corrected chi connectivity index (χ2v) is 7.26. The van der Waals surface area contributed by atoms with Crippen LogP contribution in [-0.4, -0.2) is 34.9 Å². The molecule has 30 heavy (non-hydrogen) atoms. The summed E-state index contributed by atoms with van der Waals surface area (Å²) in [6.45, 7) is 1.67. The highest BCUT2D eigenvalue weighted by molar-refractivity contribution is 6.11. The van der Waals surface area contributed by atoms with Gasteiger partial charge in [-0.15, -0.1) is 0 Å². The van der Waals surface area contributed by atoms with E-state index in [0.717, 1.165) is 5.56 Å². The number of rotatable bonds is 2. The van der Waals surface area contributed by atoms with Gasteiger partial charge >= 0.3 is 0 Å². The number of benzene rings is 1. The number of aromatic nitrogens is 2. The summed E-state index contributed by atoms with van der Waals surface area (Å²) in [6, 6.07) is 8.97. The average molecular weight is 404 g/mol. The minimum atomic E-state index is -0.646. The maximum atomic E-state index is 13.9. The van der Waals surface area contributed by atoms with Gasteiger partial charge in [0, 0.05) is 31.1 Å². The highest BCUT2D eigenvalue weighted by atomic mass is 19.1. The molecule has 0 saturated heterocycles. The quantitative estimate of drug-likeness (QED) is 0.656. The average Bonchev–Trinajstić information content (AvgIpc) is 3.04. The molecule has 0 saturated carbocycles. The Morgan fingerprint density at radius 3 is 2.73 bits per heavy atom. The number of hydrogen-bond donors (Lipinski definition) is 0. The number of anilines is 2. The SMILES string of the molecule is C[C@H]1Oc2cc(N3C(=O)c4cc(F)ccc4C3c3cccnc3)ncc2N(C)C1=O. The first-order chi connectivity index (χ1) is 14.5. The summed E-state index contributed by atoms with van der Waals surface area (Å²) in [5.74, 6) is -0.220. The summed E-state index contributed by atoms with van der Waals surface area (Å²) in [4.78, 5) is 37.0. The van der Waals surface area contributed by atoms with Crippen molar-refractivity contribution in [1.82, 2.24) is 9.97 Å². The molecule has 1 aromatic carbocycles. The van der Waals surface area contributed by atoms with Gasteiger partial charge in [0.25, 0.3) is 11.8 Å². The zero-order chi connectivity index (χ0) is 21.0. The Bertz CT molecular complexity index is 1180. The molecular weight excluding hydrogens is 387 g/mol. The highest BCUT2D eigenvalue weighted by Gasteiger charge is 2.40. The smallest absolute Gasteiger partial charge is 0.267 e. The van der Waals surface area contributed by atoms with Gasteiger partial charge in [-0.05, 0) is 36.2 Å². The Morgan fingerprint density at radius 2 is 1.97 bits per heavy atom. The molecular formula is C22H17FN4O3. The van der Waals surface area contributed by atoms with Crippen LogP contribution in [0.4, 0.5) is 15.9 Å². The molecule has 0 N–H and O–H groups in total. The Kier molecular flexibility index (Phi) is 4.02. The largest absolute Gasteiger partial charge is 0.478 e. The molecule has 0 spiro atoms. The van der Waals surface area contributed by atoms with E-state index in [1.165, 1.54) is 28.1 Å². The van der Waals surface area contributed by atoms with Gasteiger partial charge in [0.05, 0.1) is 12.2 Å². The minimum absolute atomic E-state index is 0.176. The van der Waals surface area contributed by atoms with Crippen molar-refractivity contribution in [3.63, 3.8) is 0 Å². The lowest BCUT2D eigenvalue weighted by molar-refractivity contribution is -0.125. The maximum Gasteiger partial charge on any atom is 0.267 e. The van der Waals surface area contributed by atoms with Crippen LogP contribution < -0.4 is 14.5 Å². The molecule has 0 aliphatic carbocycles. The molecule has 2 atom stereocenters. The van der Waals surface area contributed by atoms with Gasteiger partial charge < -0.3 is 9.64 Å². The Hall–Kier alpha value is -3.81. The summed E-state index contributed by atoms with van der Waals surface area (Å²) in [7, 11) is 1.65. The number of halogens is 1. The van der Waals surface area contributed by atoms with Gasteiger partial charge in [-0.3, -0.25) is 19.5 Å². The van der Waals surface area contributed by atoms with Crippen molar-refractivity contribution in [1.29, 1.82) is 0 Å². The van der Waals surface area contributed by atoms with E-state index in [2.05, 4.69) is 9.97 Å². The lowest BCUT2D eigenvalue weighted by Gasteiger charge is -2.31. The molecule has 0 fully saturated rings. The van der Waals surface area contributed by atoms with Crippen LogP contribution >= 0.6 is 0 Å². The van der Waals surface area contributed by atoms with Crippen molar-refractivity contribution >= 4 is 23.3 Å². The monoisotopic (exact) mass is 404 g/mol. The van der Waals surface area contributed by atoms with Crippen molar-refractivity contribution in [2.24, 2.45) is 0 Å². The number of likely N-dealkylation sites (N-methyl/N-ethyl adjacent to an activating group) is 1. The molecule has 0 bridgehead atoms. The number of fused-ring (bicyclic) bond motifs is 2. The topological polar surface area (TPSA) is 75.6 Å². The number of carbonyl (C=O) groups is 2. The van der Waals surface area contributed by atoms with Crippen LogP contribution in [0.25, 0.3) is 0 Å². The molecule has 7 nitrogen and oxygen atoms in total. The molecule has 150 valence electrons. The molecule has 3 aromatic rings. The summed E-state index contributed by atoms with van der Waals surface area (Å²) < 4.78 is 19.6. The number of amides is 2. The number of ether oxygens (including phenoxy) is 1. The number of nitrogens with zero attached hydrogens (tertiary/aromatic N) is 4. The van der Waals surface area contributed by atoms with E-state index in [4.69, 9.17) is 4.74 Å². The summed E-state index contributed by atoms with van der Waals surface area (Å²) in [6.07, 6.45) is 4.18. The lowest BCUT2D eigenvalue weighted by atomic mass is 9.99. The van der Waals surface area contributed by atoms with Crippen LogP contribution in [-0.2, 0) is 4.79 Å². The molecule has 8 heteroatoms. The molecule has 0 radical (unpaired) electrons. The Balaban J connectivity index is 1.65. The number of pyridine rings is 2. The summed E-state index contributed by atoms with van der Waals surface area (Å²) >= 11 is 0. The first kappa shape index (κ1) is 18.2. The van der Waals surface area contributed by atoms with E-state index in [0.29, 0.717) is 22.8 Å².